The third kappa shape index (κ3) is 12.4. The van der Waals surface area contributed by atoms with Crippen LogP contribution in [0.15, 0.2) is 0 Å². The molecule has 25 heteroatoms. The molecule has 1 saturated heterocycles. The molecule has 51 heavy (non-hydrogen) atoms. The van der Waals surface area contributed by atoms with E-state index in [1.807, 2.05) is 0 Å². The quantitative estimate of drug-likeness (QED) is 0.0426. The maximum Gasteiger partial charge on any atom is 0.413 e. The summed E-state index contributed by atoms with van der Waals surface area (Å²) in [6.45, 7) is 0. The summed E-state index contributed by atoms with van der Waals surface area (Å²) in [5, 5.41) is 48.9. The van der Waals surface area contributed by atoms with Gasteiger partial charge in [0.15, 0.2) is 0 Å². The van der Waals surface area contributed by atoms with Crippen LogP contribution in [0, 0.1) is 0 Å². The van der Waals surface area contributed by atoms with Crippen molar-refractivity contribution >= 4 is 89.0 Å². The molecule has 0 aromatic rings. The van der Waals surface area contributed by atoms with E-state index in [0.29, 0.717) is 23.5 Å². The number of carboxylic acids is 3. The van der Waals surface area contributed by atoms with Gasteiger partial charge in [-0.1, -0.05) is 0 Å². The molecule has 11 N–H and O–H groups in total. The van der Waals surface area contributed by atoms with Crippen molar-refractivity contribution in [2.75, 3.05) is 31.4 Å². The second-order valence-electron chi connectivity index (χ2n) is 10.7. The molecule has 1 heterocycles. The molecule has 284 valence electrons. The molecular weight excluding hydrogens is 732 g/mol. The van der Waals surface area contributed by atoms with Crippen LogP contribution in [0.2, 0.25) is 0 Å². The summed E-state index contributed by atoms with van der Waals surface area (Å²) >= 11 is 0.832. The van der Waals surface area contributed by atoms with Gasteiger partial charge in [-0.05, 0) is 12.8 Å². The summed E-state index contributed by atoms with van der Waals surface area (Å²) in [6, 6.07) is -6.35. The fourth-order valence-electron chi connectivity index (χ4n) is 4.00. The van der Waals surface area contributed by atoms with Gasteiger partial charge in [-0.2, -0.15) is 11.8 Å². The third-order valence-electron chi connectivity index (χ3n) is 7.03. The molecule has 0 aromatic carbocycles. The molecule has 1 aliphatic rings. The molecule has 23 nitrogen and oxygen atoms in total. The molecule has 1 rings (SSSR count). The zero-order valence-corrected chi connectivity index (χ0v) is 28.5. The second kappa shape index (κ2) is 19.4. The highest BCUT2D eigenvalue weighted by Crippen LogP contribution is 2.38. The smallest absolute Gasteiger partial charge is 0.413 e. The van der Waals surface area contributed by atoms with Crippen LogP contribution >= 0.6 is 23.5 Å². The van der Waals surface area contributed by atoms with Crippen LogP contribution in [0.4, 0.5) is 9.59 Å². The molecule has 0 saturated carbocycles. The molecule has 0 aromatic heterocycles. The van der Waals surface area contributed by atoms with E-state index >= 15 is 0 Å². The molecule has 0 radical (unpaired) electrons. The van der Waals surface area contributed by atoms with Crippen molar-refractivity contribution in [3.63, 3.8) is 0 Å². The van der Waals surface area contributed by atoms with Gasteiger partial charge in [-0.25, -0.2) is 29.0 Å². The van der Waals surface area contributed by atoms with Gasteiger partial charge in [0.2, 0.25) is 17.4 Å². The number of hydrogen-bond acceptors (Lipinski definition) is 16. The first-order chi connectivity index (χ1) is 23.6. The van der Waals surface area contributed by atoms with E-state index in [4.69, 9.17) is 26.4 Å². The van der Waals surface area contributed by atoms with Gasteiger partial charge >= 0.3 is 36.1 Å². The summed E-state index contributed by atoms with van der Waals surface area (Å²) in [7, 11) is 1.66. The van der Waals surface area contributed by atoms with Crippen LogP contribution in [0.1, 0.15) is 25.7 Å². The lowest BCUT2D eigenvalue weighted by Gasteiger charge is -2.29. The number of rotatable bonds is 20. The van der Waals surface area contributed by atoms with Crippen LogP contribution in [0.5, 0.6) is 0 Å². The lowest BCUT2D eigenvalue weighted by Crippen LogP contribution is -2.53. The van der Waals surface area contributed by atoms with E-state index in [0.717, 1.165) is 14.1 Å². The zero-order valence-electron chi connectivity index (χ0n) is 26.8. The van der Waals surface area contributed by atoms with E-state index in [-0.39, 0.29) is 16.2 Å². The minimum atomic E-state index is -2.71. The van der Waals surface area contributed by atoms with Crippen LogP contribution in [0.25, 0.3) is 0 Å². The lowest BCUT2D eigenvalue weighted by atomic mass is 10.0. The highest BCUT2D eigenvalue weighted by Gasteiger charge is 2.61. The second-order valence-corrected chi connectivity index (χ2v) is 12.9. The Balaban J connectivity index is 3.28. The summed E-state index contributed by atoms with van der Waals surface area (Å²) in [5.74, 6) is -14.2. The van der Waals surface area contributed by atoms with Crippen molar-refractivity contribution in [2.45, 2.75) is 60.7 Å². The van der Waals surface area contributed by atoms with E-state index < -0.39 is 137 Å². The number of ether oxygens (including phenoxy) is 1. The first-order valence-corrected chi connectivity index (χ1v) is 16.5. The number of aliphatic carboxylic acids is 3. The largest absolute Gasteiger partial charge is 0.480 e. The van der Waals surface area contributed by atoms with Gasteiger partial charge in [0.25, 0.3) is 17.6 Å². The Bertz CT molecular complexity index is 1450. The van der Waals surface area contributed by atoms with Gasteiger partial charge in [0, 0.05) is 44.2 Å². The molecule has 1 fully saturated rings. The normalized spacial score (nSPS) is 19.0. The van der Waals surface area contributed by atoms with Crippen LogP contribution in [0.3, 0.4) is 0 Å². The number of esters is 1. The molecule has 0 spiro atoms. The summed E-state index contributed by atoms with van der Waals surface area (Å²) in [6.07, 6.45) is -5.32. The Morgan fingerprint density at radius 3 is 1.55 bits per heavy atom. The SMILES string of the molecule is CN(C(=O)O)C(=O)C(CSC[C@@]1(C(=O)O)OC(=O)C(=O)C1SCC(NC(=O)CCC(N)C(=O)O)C(=O)N(C)C(=O)O)NC(=O)CCC(N)C(=O)O. The van der Waals surface area contributed by atoms with Crippen LogP contribution < -0.4 is 22.1 Å². The predicted molar refractivity (Wildman–Crippen MR) is 170 cm³/mol. The number of thioether (sulfide) groups is 2. The van der Waals surface area contributed by atoms with Crippen molar-refractivity contribution in [3.8, 4) is 0 Å². The Morgan fingerprint density at radius 1 is 0.765 bits per heavy atom. The minimum Gasteiger partial charge on any atom is -0.480 e. The van der Waals surface area contributed by atoms with Crippen LogP contribution in [-0.2, 0) is 47.9 Å². The Morgan fingerprint density at radius 2 is 1.18 bits per heavy atom. The number of nitrogens with two attached hydrogens (primary N) is 2. The third-order valence-corrected chi connectivity index (χ3v) is 9.69. The Kier molecular flexibility index (Phi) is 16.7. The van der Waals surface area contributed by atoms with E-state index in [1.54, 1.807) is 0 Å². The van der Waals surface area contributed by atoms with Crippen molar-refractivity contribution in [1.29, 1.82) is 0 Å². The number of carbonyl (C=O) groups excluding carboxylic acids is 6. The minimum absolute atomic E-state index is 0.169. The van der Waals surface area contributed by atoms with Gasteiger partial charge in [0.1, 0.15) is 29.4 Å². The van der Waals surface area contributed by atoms with Crippen molar-refractivity contribution < 1.29 is 83.0 Å². The maximum absolute atomic E-state index is 12.9. The number of imide groups is 2. The number of nitrogens with one attached hydrogen (secondary N) is 2. The number of Topliss-reactive ketones (excluding diaryl/α,β-unsaturated/α-hetero) is 1. The maximum atomic E-state index is 12.9. The summed E-state index contributed by atoms with van der Waals surface area (Å²) in [5.41, 5.74) is 8.02. The molecular formula is C26H36N6O17S2. The monoisotopic (exact) mass is 768 g/mol. The number of cyclic esters (lactones) is 1. The highest BCUT2D eigenvalue weighted by molar-refractivity contribution is 8.01. The molecule has 6 amide bonds. The van der Waals surface area contributed by atoms with Crippen molar-refractivity contribution in [2.24, 2.45) is 11.5 Å². The Hall–Kier alpha value is -5.01. The fraction of sp³-hybridized carbons (Fsp3) is 0.577. The molecule has 1 aliphatic heterocycles. The molecule has 5 unspecified atom stereocenters. The number of carbonyl (C=O) groups is 11. The van der Waals surface area contributed by atoms with Crippen LogP contribution in [-0.4, -0.2) is 167 Å². The number of likely N-dealkylation sites (N-methyl/N-ethyl adjacent to an activating group) is 2. The Labute approximate surface area is 295 Å². The molecule has 6 atom stereocenters. The van der Waals surface area contributed by atoms with Gasteiger partial charge in [-0.15, -0.1) is 11.8 Å². The summed E-state index contributed by atoms with van der Waals surface area (Å²) in [4.78, 5) is 134. The summed E-state index contributed by atoms with van der Waals surface area (Å²) < 4.78 is 4.96. The average Bonchev–Trinajstić information content (AvgIpc) is 3.30. The standard InChI is InChI=1S/C26H36N6O17S2/c1-31(24(45)46)18(36)12(29-14(33)5-3-10(27)20(38)39)7-50-9-26(23(43)44)17(16(35)22(42)49-26)51-8-13(19(37)32(2)25(47)48)30-15(34)6-4-11(28)21(40)41/h10-13,17H,3-9,27-28H2,1-2H3,(H,29,33)(H,30,34)(H,38,39)(H,40,41)(H,43,44)(H,45,46)(H,47,48)/t10?,11?,12?,13?,17?,26-/m1/s1. The highest BCUT2D eigenvalue weighted by atomic mass is 32.2. The van der Waals surface area contributed by atoms with E-state index in [1.165, 1.54) is 0 Å². The first-order valence-electron chi connectivity index (χ1n) is 14.3. The van der Waals surface area contributed by atoms with Crippen molar-refractivity contribution in [1.82, 2.24) is 20.4 Å². The molecule has 0 aliphatic carbocycles. The average molecular weight is 769 g/mol. The molecule has 0 bridgehead atoms. The van der Waals surface area contributed by atoms with Gasteiger partial charge in [0.05, 0.1) is 0 Å². The number of ketones is 1. The number of amides is 6. The first kappa shape index (κ1) is 44.0. The van der Waals surface area contributed by atoms with E-state index in [9.17, 15) is 68.1 Å². The number of carboxylic acid groups (broad SMARTS) is 5. The lowest BCUT2D eigenvalue weighted by molar-refractivity contribution is -0.167. The fourth-order valence-corrected chi connectivity index (χ4v) is 6.70. The van der Waals surface area contributed by atoms with Crippen molar-refractivity contribution in [3.05, 3.63) is 0 Å². The topological polar surface area (TPSA) is 381 Å². The number of hydrogen-bond donors (Lipinski definition) is 9. The zero-order chi connectivity index (χ0) is 39.4. The van der Waals surface area contributed by atoms with E-state index in [2.05, 4.69) is 10.6 Å². The van der Waals surface area contributed by atoms with Gasteiger partial charge in [-0.3, -0.25) is 33.6 Å². The number of nitrogens with zero attached hydrogens (tertiary/aromatic N) is 2. The predicted octanol–water partition coefficient (Wildman–Crippen LogP) is -3.60. The van der Waals surface area contributed by atoms with Gasteiger partial charge < -0.3 is 52.4 Å².